The van der Waals surface area contributed by atoms with E-state index < -0.39 is 16.8 Å². The summed E-state index contributed by atoms with van der Waals surface area (Å²) >= 11 is 6.04. The number of hydrogen-bond acceptors (Lipinski definition) is 7. The maximum Gasteiger partial charge on any atom is 0.336 e. The van der Waals surface area contributed by atoms with Crippen molar-refractivity contribution in [3.05, 3.63) is 105 Å². The quantitative estimate of drug-likeness (QED) is 0.114. The Morgan fingerprint density at radius 2 is 1.72 bits per heavy atom. The molecule has 0 aliphatic heterocycles. The number of anilines is 1. The number of hydrazone groups is 1. The Bertz CT molecular complexity index is 1350. The van der Waals surface area contributed by atoms with E-state index in [1.807, 2.05) is 0 Å². The molecule has 3 aromatic carbocycles. The number of esters is 1. The minimum absolute atomic E-state index is 0.0612. The molecule has 0 unspecified atom stereocenters. The lowest BCUT2D eigenvalue weighted by Crippen LogP contribution is -2.17. The molecule has 36 heavy (non-hydrogen) atoms. The van der Waals surface area contributed by atoms with E-state index in [1.165, 1.54) is 79.9 Å². The fraction of sp³-hybridized carbons (Fsp3) is 0.0400. The molecule has 2 N–H and O–H groups in total. The first kappa shape index (κ1) is 25.8. The molecule has 3 aromatic rings. The number of nitrogens with zero attached hydrogens (tertiary/aromatic N) is 2. The van der Waals surface area contributed by atoms with Crippen molar-refractivity contribution in [3.63, 3.8) is 0 Å². The summed E-state index contributed by atoms with van der Waals surface area (Å²) in [5.74, 6) is -1.27. The molecular formula is C25H19ClN4O6. The summed E-state index contributed by atoms with van der Waals surface area (Å²) in [6, 6.07) is 16.4. The SMILES string of the molecule is CC(=O)Nc1ccc(C(=O)N/N=C/c2cc(Cl)ccc2OC(=O)/C=C/c2ccc([N+](=O)[O-])cc2)cc1. The number of amides is 2. The molecule has 182 valence electrons. The second-order valence-electron chi connectivity index (χ2n) is 7.24. The Morgan fingerprint density at radius 3 is 2.36 bits per heavy atom. The molecule has 0 bridgehead atoms. The summed E-state index contributed by atoms with van der Waals surface area (Å²) in [5.41, 5.74) is 4.08. The van der Waals surface area contributed by atoms with Gasteiger partial charge in [0.05, 0.1) is 11.1 Å². The molecule has 2 amide bonds. The predicted molar refractivity (Wildman–Crippen MR) is 135 cm³/mol. The molecule has 10 nitrogen and oxygen atoms in total. The van der Waals surface area contributed by atoms with Crippen LogP contribution < -0.4 is 15.5 Å². The van der Waals surface area contributed by atoms with Crippen LogP contribution in [0.25, 0.3) is 6.08 Å². The Hall–Kier alpha value is -4.83. The van der Waals surface area contributed by atoms with Gasteiger partial charge >= 0.3 is 5.97 Å². The number of non-ortho nitro benzene ring substituents is 1. The average molecular weight is 507 g/mol. The van der Waals surface area contributed by atoms with Gasteiger partial charge < -0.3 is 10.1 Å². The second kappa shape index (κ2) is 12.0. The average Bonchev–Trinajstić information content (AvgIpc) is 2.84. The first-order valence-electron chi connectivity index (χ1n) is 10.4. The molecule has 0 radical (unpaired) electrons. The zero-order chi connectivity index (χ0) is 26.1. The van der Waals surface area contributed by atoms with Crippen molar-refractivity contribution >= 4 is 53.0 Å². The van der Waals surface area contributed by atoms with Gasteiger partial charge in [-0.15, -0.1) is 0 Å². The third kappa shape index (κ3) is 7.61. The molecule has 0 aliphatic carbocycles. The zero-order valence-corrected chi connectivity index (χ0v) is 19.6. The fourth-order valence-electron chi connectivity index (χ4n) is 2.86. The van der Waals surface area contributed by atoms with Crippen molar-refractivity contribution < 1.29 is 24.0 Å². The molecule has 11 heteroatoms. The molecule has 3 rings (SSSR count). The van der Waals surface area contributed by atoms with Crippen molar-refractivity contribution in [2.24, 2.45) is 5.10 Å². The lowest BCUT2D eigenvalue weighted by atomic mass is 10.2. The third-order valence-electron chi connectivity index (χ3n) is 4.54. The Kier molecular flexibility index (Phi) is 8.63. The highest BCUT2D eigenvalue weighted by Crippen LogP contribution is 2.22. The number of nitro groups is 1. The van der Waals surface area contributed by atoms with Crippen molar-refractivity contribution in [1.29, 1.82) is 0 Å². The summed E-state index contributed by atoms with van der Waals surface area (Å²) < 4.78 is 5.34. The number of halogens is 1. The number of benzene rings is 3. The molecule has 0 atom stereocenters. The third-order valence-corrected chi connectivity index (χ3v) is 4.77. The lowest BCUT2D eigenvalue weighted by Gasteiger charge is -2.06. The van der Waals surface area contributed by atoms with E-state index in [2.05, 4.69) is 15.8 Å². The van der Waals surface area contributed by atoms with E-state index in [1.54, 1.807) is 12.1 Å². The normalized spacial score (nSPS) is 10.8. The van der Waals surface area contributed by atoms with Gasteiger partial charge in [0.2, 0.25) is 5.91 Å². The number of rotatable bonds is 8. The number of nitro benzene ring substituents is 1. The monoisotopic (exact) mass is 506 g/mol. The molecule has 0 fully saturated rings. The maximum absolute atomic E-state index is 12.3. The number of hydrogen-bond donors (Lipinski definition) is 2. The fourth-order valence-corrected chi connectivity index (χ4v) is 3.04. The van der Waals surface area contributed by atoms with Crippen molar-refractivity contribution in [2.75, 3.05) is 5.32 Å². The summed E-state index contributed by atoms with van der Waals surface area (Å²) in [5, 5.41) is 17.6. The van der Waals surface area contributed by atoms with E-state index in [4.69, 9.17) is 16.3 Å². The van der Waals surface area contributed by atoms with E-state index in [0.29, 0.717) is 27.4 Å². The molecular weight excluding hydrogens is 488 g/mol. The maximum atomic E-state index is 12.3. The van der Waals surface area contributed by atoms with E-state index in [0.717, 1.165) is 0 Å². The van der Waals surface area contributed by atoms with E-state index in [9.17, 15) is 24.5 Å². The number of carbonyl (C=O) groups is 3. The van der Waals surface area contributed by atoms with Crippen LogP contribution in [-0.4, -0.2) is 28.9 Å². The highest BCUT2D eigenvalue weighted by molar-refractivity contribution is 6.31. The van der Waals surface area contributed by atoms with Crippen LogP contribution in [0.5, 0.6) is 5.75 Å². The van der Waals surface area contributed by atoms with Crippen LogP contribution >= 0.6 is 11.6 Å². The van der Waals surface area contributed by atoms with Crippen molar-refractivity contribution in [3.8, 4) is 5.75 Å². The van der Waals surface area contributed by atoms with Crippen LogP contribution in [0.2, 0.25) is 5.02 Å². The Labute approximate surface area is 210 Å². The van der Waals surface area contributed by atoms with Gasteiger partial charge in [-0.25, -0.2) is 10.2 Å². The van der Waals surface area contributed by atoms with Crippen LogP contribution in [0, 0.1) is 10.1 Å². The largest absolute Gasteiger partial charge is 0.423 e. The van der Waals surface area contributed by atoms with Crippen LogP contribution in [0.3, 0.4) is 0 Å². The first-order chi connectivity index (χ1) is 17.2. The van der Waals surface area contributed by atoms with Crippen molar-refractivity contribution in [1.82, 2.24) is 5.43 Å². The Morgan fingerprint density at radius 1 is 1.03 bits per heavy atom. The Balaban J connectivity index is 1.64. The first-order valence-corrected chi connectivity index (χ1v) is 10.7. The van der Waals surface area contributed by atoms with Gasteiger partial charge in [0.25, 0.3) is 11.6 Å². The smallest absolute Gasteiger partial charge is 0.336 e. The minimum atomic E-state index is -0.700. The van der Waals surface area contributed by atoms with Crippen LogP contribution in [0.15, 0.2) is 77.9 Å². The predicted octanol–water partition coefficient (Wildman–Crippen LogP) is 4.59. The summed E-state index contributed by atoms with van der Waals surface area (Å²) in [6.45, 7) is 1.38. The summed E-state index contributed by atoms with van der Waals surface area (Å²) in [4.78, 5) is 45.9. The molecule has 0 saturated heterocycles. The lowest BCUT2D eigenvalue weighted by molar-refractivity contribution is -0.384. The van der Waals surface area contributed by atoms with Gasteiger partial charge in [-0.05, 0) is 66.2 Å². The standard InChI is InChI=1S/C25H19ClN4O6/c1-16(31)28-21-8-5-18(6-9-21)25(33)29-27-15-19-14-20(26)7-12-23(19)36-24(32)13-4-17-2-10-22(11-3-17)30(34)35/h2-15H,1H3,(H,28,31)(H,29,33)/b13-4+,27-15+. The molecule has 0 spiro atoms. The number of carbonyl (C=O) groups excluding carboxylic acids is 3. The van der Waals surface area contributed by atoms with Gasteiger partial charge in [0.15, 0.2) is 0 Å². The molecule has 0 aliphatic rings. The van der Waals surface area contributed by atoms with Crippen LogP contribution in [0.1, 0.15) is 28.4 Å². The second-order valence-corrected chi connectivity index (χ2v) is 7.68. The van der Waals surface area contributed by atoms with Gasteiger partial charge in [0, 0.05) is 47.0 Å². The molecule has 0 heterocycles. The van der Waals surface area contributed by atoms with Gasteiger partial charge in [0.1, 0.15) is 5.75 Å². The number of nitrogens with one attached hydrogen (secondary N) is 2. The zero-order valence-electron chi connectivity index (χ0n) is 18.8. The van der Waals surface area contributed by atoms with Gasteiger partial charge in [-0.1, -0.05) is 11.6 Å². The highest BCUT2D eigenvalue weighted by atomic mass is 35.5. The van der Waals surface area contributed by atoms with Crippen molar-refractivity contribution in [2.45, 2.75) is 6.92 Å². The molecule has 0 aromatic heterocycles. The summed E-state index contributed by atoms with van der Waals surface area (Å²) in [6.07, 6.45) is 3.90. The topological polar surface area (TPSA) is 140 Å². The number of ether oxygens (including phenoxy) is 1. The summed E-state index contributed by atoms with van der Waals surface area (Å²) in [7, 11) is 0. The van der Waals surface area contributed by atoms with Crippen LogP contribution in [0.4, 0.5) is 11.4 Å². The van der Waals surface area contributed by atoms with E-state index >= 15 is 0 Å². The van der Waals surface area contributed by atoms with Crippen LogP contribution in [-0.2, 0) is 9.59 Å². The van der Waals surface area contributed by atoms with Gasteiger partial charge in [-0.3, -0.25) is 19.7 Å². The molecule has 0 saturated carbocycles. The van der Waals surface area contributed by atoms with E-state index in [-0.39, 0.29) is 17.3 Å². The van der Waals surface area contributed by atoms with Gasteiger partial charge in [-0.2, -0.15) is 5.10 Å². The highest BCUT2D eigenvalue weighted by Gasteiger charge is 2.09. The minimum Gasteiger partial charge on any atom is -0.423 e.